The number of H-pyrrole nitrogens is 1. The van der Waals surface area contributed by atoms with Crippen molar-refractivity contribution >= 4 is 16.8 Å². The van der Waals surface area contributed by atoms with Crippen molar-refractivity contribution in [2.75, 3.05) is 7.05 Å². The Labute approximate surface area is 135 Å². The van der Waals surface area contributed by atoms with Gasteiger partial charge in [0, 0.05) is 24.5 Å². The van der Waals surface area contributed by atoms with E-state index in [2.05, 4.69) is 11.1 Å². The molecule has 1 amide bonds. The molecule has 1 N–H and O–H groups in total. The van der Waals surface area contributed by atoms with Crippen LogP contribution < -0.4 is 0 Å². The molecular weight excluding hydrogens is 286 g/mol. The second kappa shape index (κ2) is 5.98. The Morgan fingerprint density at radius 3 is 2.61 bits per heavy atom. The lowest BCUT2D eigenvalue weighted by atomic mass is 10.1. The van der Waals surface area contributed by atoms with E-state index in [0.29, 0.717) is 17.8 Å². The van der Waals surface area contributed by atoms with Crippen molar-refractivity contribution in [3.63, 3.8) is 0 Å². The maximum absolute atomic E-state index is 12.6. The first-order valence-corrected chi connectivity index (χ1v) is 7.41. The average molecular weight is 303 g/mol. The fourth-order valence-corrected chi connectivity index (χ4v) is 2.59. The van der Waals surface area contributed by atoms with E-state index in [0.717, 1.165) is 22.0 Å². The van der Waals surface area contributed by atoms with Gasteiger partial charge >= 0.3 is 0 Å². The number of hydrogen-bond donors (Lipinski definition) is 1. The Hall–Kier alpha value is -3.06. The molecule has 0 spiro atoms. The second-order valence-electron chi connectivity index (χ2n) is 5.74. The zero-order valence-electron chi connectivity index (χ0n) is 13.1. The number of aromatic amines is 1. The van der Waals surface area contributed by atoms with Crippen molar-refractivity contribution in [2.24, 2.45) is 0 Å². The van der Waals surface area contributed by atoms with Crippen LogP contribution in [0.3, 0.4) is 0 Å². The first-order valence-electron chi connectivity index (χ1n) is 7.41. The van der Waals surface area contributed by atoms with Gasteiger partial charge in [0.05, 0.1) is 11.6 Å². The van der Waals surface area contributed by atoms with E-state index in [1.165, 1.54) is 0 Å². The molecule has 4 heteroatoms. The first kappa shape index (κ1) is 14.9. The number of carbonyl (C=O) groups excluding carboxylic acids is 1. The van der Waals surface area contributed by atoms with Crippen LogP contribution in [0.1, 0.15) is 27.2 Å². The third kappa shape index (κ3) is 3.09. The summed E-state index contributed by atoms with van der Waals surface area (Å²) in [6.07, 6.45) is 0. The quantitative estimate of drug-likeness (QED) is 0.803. The van der Waals surface area contributed by atoms with Crippen molar-refractivity contribution in [1.82, 2.24) is 9.88 Å². The van der Waals surface area contributed by atoms with Gasteiger partial charge in [-0.15, -0.1) is 0 Å². The number of nitrogens with one attached hydrogen (secondary N) is 1. The van der Waals surface area contributed by atoms with Gasteiger partial charge in [-0.2, -0.15) is 5.26 Å². The number of nitriles is 1. The van der Waals surface area contributed by atoms with Gasteiger partial charge in [-0.25, -0.2) is 0 Å². The minimum atomic E-state index is -0.0526. The van der Waals surface area contributed by atoms with Gasteiger partial charge in [0.2, 0.25) is 0 Å². The Balaban J connectivity index is 1.78. The molecule has 0 atom stereocenters. The van der Waals surface area contributed by atoms with Crippen LogP contribution in [0.25, 0.3) is 10.9 Å². The average Bonchev–Trinajstić information content (AvgIpc) is 2.97. The topological polar surface area (TPSA) is 59.9 Å². The summed E-state index contributed by atoms with van der Waals surface area (Å²) < 4.78 is 0. The zero-order chi connectivity index (χ0) is 16.4. The summed E-state index contributed by atoms with van der Waals surface area (Å²) in [6, 6.07) is 17.3. The molecule has 23 heavy (non-hydrogen) atoms. The van der Waals surface area contributed by atoms with E-state index in [-0.39, 0.29) is 5.91 Å². The van der Waals surface area contributed by atoms with Crippen molar-refractivity contribution in [3.05, 3.63) is 70.9 Å². The van der Waals surface area contributed by atoms with E-state index in [1.807, 2.05) is 43.3 Å². The smallest absolute Gasteiger partial charge is 0.270 e. The summed E-state index contributed by atoms with van der Waals surface area (Å²) >= 11 is 0. The highest BCUT2D eigenvalue weighted by Gasteiger charge is 2.14. The molecule has 0 saturated heterocycles. The number of nitrogens with zero attached hydrogens (tertiary/aromatic N) is 2. The molecule has 0 saturated carbocycles. The third-order valence-electron chi connectivity index (χ3n) is 3.86. The van der Waals surface area contributed by atoms with Gasteiger partial charge in [-0.1, -0.05) is 24.3 Å². The number of hydrogen-bond acceptors (Lipinski definition) is 2. The molecule has 1 heterocycles. The molecule has 0 unspecified atom stereocenters. The highest BCUT2D eigenvalue weighted by atomic mass is 16.2. The van der Waals surface area contributed by atoms with E-state index in [9.17, 15) is 4.79 Å². The minimum absolute atomic E-state index is 0.0526. The van der Waals surface area contributed by atoms with E-state index < -0.39 is 0 Å². The molecule has 0 aliphatic heterocycles. The summed E-state index contributed by atoms with van der Waals surface area (Å²) in [5.41, 5.74) is 4.33. The van der Waals surface area contributed by atoms with Crippen LogP contribution in [0.4, 0.5) is 0 Å². The molecule has 4 nitrogen and oxygen atoms in total. The van der Waals surface area contributed by atoms with E-state index >= 15 is 0 Å². The summed E-state index contributed by atoms with van der Waals surface area (Å²) in [4.78, 5) is 17.4. The molecule has 114 valence electrons. The third-order valence-corrected chi connectivity index (χ3v) is 3.86. The Kier molecular flexibility index (Phi) is 3.86. The fourth-order valence-electron chi connectivity index (χ4n) is 2.59. The number of aryl methyl sites for hydroxylation is 1. The van der Waals surface area contributed by atoms with E-state index in [1.54, 1.807) is 24.1 Å². The van der Waals surface area contributed by atoms with Crippen LogP contribution in [0.15, 0.2) is 48.5 Å². The molecule has 0 aliphatic carbocycles. The molecule has 3 rings (SSSR count). The highest BCUT2D eigenvalue weighted by molar-refractivity contribution is 5.98. The van der Waals surface area contributed by atoms with Gasteiger partial charge in [0.1, 0.15) is 5.69 Å². The number of carbonyl (C=O) groups is 1. The maximum Gasteiger partial charge on any atom is 0.270 e. The van der Waals surface area contributed by atoms with Crippen LogP contribution in [0.5, 0.6) is 0 Å². The summed E-state index contributed by atoms with van der Waals surface area (Å²) in [6.45, 7) is 2.53. The van der Waals surface area contributed by atoms with Crippen LogP contribution in [-0.4, -0.2) is 22.8 Å². The Morgan fingerprint density at radius 2 is 1.91 bits per heavy atom. The van der Waals surface area contributed by atoms with Crippen LogP contribution in [0, 0.1) is 18.3 Å². The molecule has 2 aromatic carbocycles. The van der Waals surface area contributed by atoms with Crippen molar-refractivity contribution in [1.29, 1.82) is 5.26 Å². The van der Waals surface area contributed by atoms with Gasteiger partial charge in [0.15, 0.2) is 0 Å². The van der Waals surface area contributed by atoms with Gasteiger partial charge in [-0.3, -0.25) is 4.79 Å². The van der Waals surface area contributed by atoms with Crippen LogP contribution >= 0.6 is 0 Å². The standard InChI is InChI=1S/C19H17N3O/c1-13-3-8-16-10-18(21-17(16)9-13)19(23)22(2)12-15-6-4-14(11-20)5-7-15/h3-10,21H,12H2,1-2H3. The largest absolute Gasteiger partial charge is 0.351 e. The molecule has 0 aliphatic rings. The van der Waals surface area contributed by atoms with Crippen LogP contribution in [0.2, 0.25) is 0 Å². The zero-order valence-corrected chi connectivity index (χ0v) is 13.1. The van der Waals surface area contributed by atoms with Crippen molar-refractivity contribution in [3.8, 4) is 6.07 Å². The minimum Gasteiger partial charge on any atom is -0.351 e. The molecule has 3 aromatic rings. The normalized spacial score (nSPS) is 10.5. The SMILES string of the molecule is Cc1ccc2cc(C(=O)N(C)Cc3ccc(C#N)cc3)[nH]c2c1. The maximum atomic E-state index is 12.6. The number of aromatic nitrogens is 1. The predicted octanol–water partition coefficient (Wildman–Crippen LogP) is 3.62. The summed E-state index contributed by atoms with van der Waals surface area (Å²) in [5.74, 6) is -0.0526. The number of benzene rings is 2. The number of amides is 1. The van der Waals surface area contributed by atoms with Gasteiger partial charge in [-0.05, 0) is 42.3 Å². The van der Waals surface area contributed by atoms with Gasteiger partial charge in [0.25, 0.3) is 5.91 Å². The lowest BCUT2D eigenvalue weighted by molar-refractivity contribution is 0.0780. The molecule has 0 fully saturated rings. The first-order chi connectivity index (χ1) is 11.1. The van der Waals surface area contributed by atoms with Gasteiger partial charge < -0.3 is 9.88 Å². The summed E-state index contributed by atoms with van der Waals surface area (Å²) in [5, 5.41) is 9.85. The lowest BCUT2D eigenvalue weighted by Gasteiger charge is -2.16. The van der Waals surface area contributed by atoms with Crippen molar-refractivity contribution in [2.45, 2.75) is 13.5 Å². The van der Waals surface area contributed by atoms with Crippen molar-refractivity contribution < 1.29 is 4.79 Å². The lowest BCUT2D eigenvalue weighted by Crippen LogP contribution is -2.26. The molecule has 0 bridgehead atoms. The number of fused-ring (bicyclic) bond motifs is 1. The fraction of sp³-hybridized carbons (Fsp3) is 0.158. The highest BCUT2D eigenvalue weighted by Crippen LogP contribution is 2.18. The summed E-state index contributed by atoms with van der Waals surface area (Å²) in [7, 11) is 1.78. The monoisotopic (exact) mass is 303 g/mol. The molecule has 1 aromatic heterocycles. The molecular formula is C19H17N3O. The predicted molar refractivity (Wildman–Crippen MR) is 90.0 cm³/mol. The second-order valence-corrected chi connectivity index (χ2v) is 5.74. The van der Waals surface area contributed by atoms with Crippen LogP contribution in [-0.2, 0) is 6.54 Å². The Morgan fingerprint density at radius 1 is 1.17 bits per heavy atom. The van der Waals surface area contributed by atoms with E-state index in [4.69, 9.17) is 5.26 Å². The number of rotatable bonds is 3. The Bertz CT molecular complexity index is 901. The molecule has 0 radical (unpaired) electrons.